The third kappa shape index (κ3) is 2.19. The first-order chi connectivity index (χ1) is 5.38. The van der Waals surface area contributed by atoms with Crippen LogP contribution in [-0.4, -0.2) is 27.3 Å². The molecule has 0 unspecified atom stereocenters. The third-order valence-electron chi connectivity index (χ3n) is 1.07. The molecular formula is C5H12N6S. The van der Waals surface area contributed by atoms with Gasteiger partial charge in [-0.2, -0.15) is 9.35 Å². The Labute approximate surface area is 71.4 Å². The molecule has 0 atom stereocenters. The predicted octanol–water partition coefficient (Wildman–Crippen LogP) is 0.388. The van der Waals surface area contributed by atoms with Crippen LogP contribution in [0, 0.1) is 4.78 Å². The lowest BCUT2D eigenvalue weighted by Crippen LogP contribution is -1.93. The zero-order valence-electron chi connectivity index (χ0n) is 7.27. The van der Waals surface area contributed by atoms with Crippen molar-refractivity contribution in [1.29, 1.82) is 4.78 Å². The normalized spacial score (nSPS) is 11.6. The first-order valence-electron chi connectivity index (χ1n) is 3.26. The highest BCUT2D eigenvalue weighted by Gasteiger charge is 2.02. The number of nitrogens with zero attached hydrogens (tertiary/aromatic N) is 4. The van der Waals surface area contributed by atoms with Crippen molar-refractivity contribution in [2.24, 2.45) is 11.4 Å². The Hall–Kier alpha value is -1.11. The van der Waals surface area contributed by atoms with Crippen molar-refractivity contribution in [2.45, 2.75) is 0 Å². The molecule has 1 aromatic rings. The van der Waals surface area contributed by atoms with Crippen LogP contribution in [0.1, 0.15) is 0 Å². The van der Waals surface area contributed by atoms with Crippen LogP contribution in [-0.2, 0) is 16.7 Å². The van der Waals surface area contributed by atoms with Gasteiger partial charge in [0.25, 0.3) is 5.95 Å². The third-order valence-corrected chi connectivity index (χ3v) is 1.69. The maximum Gasteiger partial charge on any atom is 0.256 e. The Balaban J connectivity index is 3.22. The average molecular weight is 188 g/mol. The Morgan fingerprint density at radius 3 is 2.50 bits per heavy atom. The Morgan fingerprint density at radius 2 is 2.17 bits per heavy atom. The summed E-state index contributed by atoms with van der Waals surface area (Å²) < 4.78 is 13.1. The molecule has 0 aliphatic carbocycles. The predicted molar refractivity (Wildman–Crippen MR) is 49.4 cm³/mol. The Kier molecular flexibility index (Phi) is 2.05. The van der Waals surface area contributed by atoms with Gasteiger partial charge in [0.05, 0.1) is 0 Å². The van der Waals surface area contributed by atoms with Crippen LogP contribution in [0.15, 0.2) is 4.36 Å². The van der Waals surface area contributed by atoms with E-state index >= 15 is 0 Å². The van der Waals surface area contributed by atoms with Crippen LogP contribution < -0.4 is 5.73 Å². The zero-order chi connectivity index (χ0) is 9.35. The van der Waals surface area contributed by atoms with E-state index in [1.54, 1.807) is 19.6 Å². The summed E-state index contributed by atoms with van der Waals surface area (Å²) in [4.78, 5) is 3.86. The molecule has 6 nitrogen and oxygen atoms in total. The number of hydrogen-bond donors (Lipinski definition) is 2. The van der Waals surface area contributed by atoms with Gasteiger partial charge in [-0.05, 0) is 0 Å². The van der Waals surface area contributed by atoms with Crippen LogP contribution in [0.2, 0.25) is 0 Å². The van der Waals surface area contributed by atoms with Crippen molar-refractivity contribution in [3.8, 4) is 0 Å². The summed E-state index contributed by atoms with van der Waals surface area (Å²) >= 11 is 0. The van der Waals surface area contributed by atoms with E-state index in [1.165, 1.54) is 4.68 Å². The van der Waals surface area contributed by atoms with E-state index in [4.69, 9.17) is 10.5 Å². The smallest absolute Gasteiger partial charge is 0.256 e. The molecule has 0 spiro atoms. The van der Waals surface area contributed by atoms with Gasteiger partial charge in [0.2, 0.25) is 5.95 Å². The maximum atomic E-state index is 7.57. The summed E-state index contributed by atoms with van der Waals surface area (Å²) in [5.41, 5.74) is 5.34. The van der Waals surface area contributed by atoms with E-state index in [9.17, 15) is 0 Å². The summed E-state index contributed by atoms with van der Waals surface area (Å²) in [6.07, 6.45) is 3.50. The largest absolute Gasteiger partial charge is 0.366 e. The number of aromatic nitrogens is 3. The lowest BCUT2D eigenvalue weighted by Gasteiger charge is -1.96. The van der Waals surface area contributed by atoms with Gasteiger partial charge >= 0.3 is 0 Å². The van der Waals surface area contributed by atoms with Crippen LogP contribution >= 0.6 is 0 Å². The first-order valence-corrected chi connectivity index (χ1v) is 5.66. The van der Waals surface area contributed by atoms with Crippen LogP contribution in [0.3, 0.4) is 0 Å². The number of rotatable bonds is 1. The lowest BCUT2D eigenvalue weighted by molar-refractivity contribution is 0.773. The molecule has 3 N–H and O–H groups in total. The zero-order valence-corrected chi connectivity index (χ0v) is 8.09. The van der Waals surface area contributed by atoms with Crippen molar-refractivity contribution in [1.82, 2.24) is 14.8 Å². The molecule has 1 aromatic heterocycles. The number of aryl methyl sites for hydroxylation is 1. The monoisotopic (exact) mass is 188 g/mol. The standard InChI is InChI=1S/C5H12N6S/c1-11-5(8-4(6)9-11)10-12(2,3)7/h7H,1-3H3,(H2,6,9). The number of anilines is 1. The lowest BCUT2D eigenvalue weighted by atomic mass is 11.0. The van der Waals surface area contributed by atoms with E-state index < -0.39 is 9.62 Å². The average Bonchev–Trinajstić information content (AvgIpc) is 2.06. The molecule has 0 aliphatic heterocycles. The summed E-state index contributed by atoms with van der Waals surface area (Å²) in [5.74, 6) is 0.613. The summed E-state index contributed by atoms with van der Waals surface area (Å²) in [7, 11) is 0.0115. The van der Waals surface area contributed by atoms with E-state index in [2.05, 4.69) is 14.4 Å². The highest BCUT2D eigenvalue weighted by molar-refractivity contribution is 7.93. The van der Waals surface area contributed by atoms with Gasteiger partial charge in [-0.25, -0.2) is 4.68 Å². The number of nitrogens with two attached hydrogens (primary N) is 1. The molecule has 0 saturated carbocycles. The van der Waals surface area contributed by atoms with Crippen LogP contribution in [0.5, 0.6) is 0 Å². The summed E-state index contributed by atoms with van der Waals surface area (Å²) in [6.45, 7) is 0. The van der Waals surface area contributed by atoms with Gasteiger partial charge in [-0.3, -0.25) is 4.78 Å². The van der Waals surface area contributed by atoms with Crippen molar-refractivity contribution in [3.05, 3.63) is 0 Å². The van der Waals surface area contributed by atoms with Gasteiger partial charge < -0.3 is 5.73 Å². The molecule has 1 heterocycles. The van der Waals surface area contributed by atoms with Crippen molar-refractivity contribution in [3.63, 3.8) is 0 Å². The number of nitrogen functional groups attached to an aromatic ring is 1. The fraction of sp³-hybridized carbons (Fsp3) is 0.600. The molecule has 0 radical (unpaired) electrons. The molecule has 0 aliphatic rings. The van der Waals surface area contributed by atoms with E-state index in [0.717, 1.165) is 0 Å². The fourth-order valence-corrected chi connectivity index (χ4v) is 1.25. The van der Waals surface area contributed by atoms with Crippen LogP contribution in [0.4, 0.5) is 11.9 Å². The van der Waals surface area contributed by atoms with Gasteiger partial charge in [0.1, 0.15) is 0 Å². The topological polar surface area (TPSA) is 92.9 Å². The van der Waals surface area contributed by atoms with Crippen molar-refractivity contribution < 1.29 is 0 Å². The van der Waals surface area contributed by atoms with Crippen molar-refractivity contribution in [2.75, 3.05) is 18.2 Å². The molecule has 12 heavy (non-hydrogen) atoms. The van der Waals surface area contributed by atoms with E-state index in [-0.39, 0.29) is 5.95 Å². The minimum absolute atomic E-state index is 0.194. The summed E-state index contributed by atoms with van der Waals surface area (Å²) in [5, 5.41) is 3.81. The highest BCUT2D eigenvalue weighted by Crippen LogP contribution is 2.10. The quantitative estimate of drug-likeness (QED) is 0.667. The number of nitrogens with one attached hydrogen (secondary N) is 1. The second-order valence-corrected chi connectivity index (χ2v) is 5.49. The molecule has 0 aromatic carbocycles. The second kappa shape index (κ2) is 2.74. The summed E-state index contributed by atoms with van der Waals surface area (Å²) in [6, 6.07) is 0. The maximum absolute atomic E-state index is 7.57. The van der Waals surface area contributed by atoms with E-state index in [0.29, 0.717) is 5.95 Å². The van der Waals surface area contributed by atoms with Crippen LogP contribution in [0.25, 0.3) is 0 Å². The van der Waals surface area contributed by atoms with Gasteiger partial charge in [0, 0.05) is 19.6 Å². The molecule has 68 valence electrons. The first kappa shape index (κ1) is 8.98. The second-order valence-electron chi connectivity index (χ2n) is 2.76. The SMILES string of the molecule is Cn1nc(N)nc1N=S(C)(C)=N. The number of hydrogen-bond acceptors (Lipinski definition) is 5. The molecule has 0 saturated heterocycles. The highest BCUT2D eigenvalue weighted by atomic mass is 32.2. The van der Waals surface area contributed by atoms with E-state index in [1.807, 2.05) is 0 Å². The Bertz CT molecular complexity index is 388. The molecule has 0 fully saturated rings. The van der Waals surface area contributed by atoms with Gasteiger partial charge in [-0.1, -0.05) is 9.62 Å². The molecule has 7 heteroatoms. The van der Waals surface area contributed by atoms with Crippen molar-refractivity contribution >= 4 is 21.5 Å². The molecule has 1 rings (SSSR count). The minimum Gasteiger partial charge on any atom is -0.366 e. The fourth-order valence-electron chi connectivity index (χ4n) is 0.679. The van der Waals surface area contributed by atoms with Gasteiger partial charge in [0.15, 0.2) is 0 Å². The molecule has 0 bridgehead atoms. The molecular weight excluding hydrogens is 176 g/mol. The minimum atomic E-state index is -1.69. The Morgan fingerprint density at radius 1 is 1.58 bits per heavy atom. The van der Waals surface area contributed by atoms with Gasteiger partial charge in [-0.15, -0.1) is 5.10 Å². The molecule has 0 amide bonds.